The Balaban J connectivity index is 2.93. The molecule has 118 valence electrons. The molecule has 0 saturated carbocycles. The van der Waals surface area contributed by atoms with Crippen LogP contribution in [0.3, 0.4) is 0 Å². The SMILES string of the molecule is CCOC(=O)CN(CCOC)C(=O)c1c(N)cnn1CC. The summed E-state index contributed by atoms with van der Waals surface area (Å²) >= 11 is 0. The fourth-order valence-electron chi connectivity index (χ4n) is 1.84. The zero-order valence-corrected chi connectivity index (χ0v) is 12.7. The Morgan fingerprint density at radius 3 is 2.71 bits per heavy atom. The van der Waals surface area contributed by atoms with E-state index in [0.717, 1.165) is 0 Å². The number of amides is 1. The number of anilines is 1. The number of ether oxygens (including phenoxy) is 2. The average Bonchev–Trinajstić information content (AvgIpc) is 2.83. The summed E-state index contributed by atoms with van der Waals surface area (Å²) in [5.74, 6) is -0.833. The Hall–Kier alpha value is -2.09. The van der Waals surface area contributed by atoms with Gasteiger partial charge in [-0.3, -0.25) is 14.3 Å². The van der Waals surface area contributed by atoms with Crippen molar-refractivity contribution in [2.45, 2.75) is 20.4 Å². The number of carbonyl (C=O) groups excluding carboxylic acids is 2. The maximum Gasteiger partial charge on any atom is 0.325 e. The summed E-state index contributed by atoms with van der Waals surface area (Å²) in [6, 6.07) is 0. The van der Waals surface area contributed by atoms with Crippen LogP contribution in [0, 0.1) is 0 Å². The maximum absolute atomic E-state index is 12.6. The molecule has 0 aliphatic carbocycles. The lowest BCUT2D eigenvalue weighted by atomic mass is 10.3. The second-order valence-electron chi connectivity index (χ2n) is 4.29. The lowest BCUT2D eigenvalue weighted by Gasteiger charge is -2.21. The van der Waals surface area contributed by atoms with Crippen molar-refractivity contribution in [3.05, 3.63) is 11.9 Å². The standard InChI is InChI=1S/C13H22N4O4/c1-4-17-12(10(14)8-15-17)13(19)16(6-7-20-3)9-11(18)21-5-2/h8H,4-7,9,14H2,1-3H3. The van der Waals surface area contributed by atoms with E-state index in [4.69, 9.17) is 15.2 Å². The van der Waals surface area contributed by atoms with Crippen molar-refractivity contribution in [3.63, 3.8) is 0 Å². The monoisotopic (exact) mass is 298 g/mol. The molecule has 1 heterocycles. The minimum Gasteiger partial charge on any atom is -0.465 e. The highest BCUT2D eigenvalue weighted by atomic mass is 16.5. The van der Waals surface area contributed by atoms with Crippen LogP contribution in [-0.4, -0.2) is 60.0 Å². The van der Waals surface area contributed by atoms with Gasteiger partial charge in [0.05, 0.1) is 25.1 Å². The third-order valence-electron chi connectivity index (χ3n) is 2.85. The molecule has 0 bridgehead atoms. The highest BCUT2D eigenvalue weighted by Crippen LogP contribution is 2.14. The fraction of sp³-hybridized carbons (Fsp3) is 0.615. The lowest BCUT2D eigenvalue weighted by molar-refractivity contribution is -0.143. The van der Waals surface area contributed by atoms with Gasteiger partial charge in [0, 0.05) is 20.2 Å². The van der Waals surface area contributed by atoms with Crippen molar-refractivity contribution < 1.29 is 19.1 Å². The van der Waals surface area contributed by atoms with Gasteiger partial charge in [-0.2, -0.15) is 5.10 Å². The van der Waals surface area contributed by atoms with Crippen LogP contribution in [0.25, 0.3) is 0 Å². The topological polar surface area (TPSA) is 99.7 Å². The number of carbonyl (C=O) groups is 2. The Morgan fingerprint density at radius 2 is 2.14 bits per heavy atom. The van der Waals surface area contributed by atoms with E-state index in [9.17, 15) is 9.59 Å². The zero-order valence-electron chi connectivity index (χ0n) is 12.7. The van der Waals surface area contributed by atoms with Gasteiger partial charge < -0.3 is 20.1 Å². The summed E-state index contributed by atoms with van der Waals surface area (Å²) in [7, 11) is 1.53. The summed E-state index contributed by atoms with van der Waals surface area (Å²) < 4.78 is 11.4. The van der Waals surface area contributed by atoms with Crippen molar-refractivity contribution in [1.82, 2.24) is 14.7 Å². The molecule has 0 aromatic carbocycles. The van der Waals surface area contributed by atoms with Crippen molar-refractivity contribution in [2.24, 2.45) is 0 Å². The van der Waals surface area contributed by atoms with E-state index >= 15 is 0 Å². The van der Waals surface area contributed by atoms with Gasteiger partial charge in [0.25, 0.3) is 5.91 Å². The van der Waals surface area contributed by atoms with Gasteiger partial charge in [-0.1, -0.05) is 0 Å². The highest BCUT2D eigenvalue weighted by Gasteiger charge is 2.24. The lowest BCUT2D eigenvalue weighted by Crippen LogP contribution is -2.40. The van der Waals surface area contributed by atoms with Crippen LogP contribution in [-0.2, 0) is 20.8 Å². The van der Waals surface area contributed by atoms with E-state index in [-0.39, 0.29) is 37.0 Å². The number of aromatic nitrogens is 2. The molecule has 1 aromatic heterocycles. The third kappa shape index (κ3) is 4.45. The highest BCUT2D eigenvalue weighted by molar-refractivity contribution is 5.98. The second-order valence-corrected chi connectivity index (χ2v) is 4.29. The largest absolute Gasteiger partial charge is 0.465 e. The number of nitrogen functional groups attached to an aromatic ring is 1. The number of rotatable bonds is 8. The van der Waals surface area contributed by atoms with Crippen LogP contribution in [0.15, 0.2) is 6.20 Å². The Kier molecular flexibility index (Phi) is 6.67. The summed E-state index contributed by atoms with van der Waals surface area (Å²) in [6.07, 6.45) is 1.43. The Bertz CT molecular complexity index is 487. The number of nitrogens with zero attached hydrogens (tertiary/aromatic N) is 3. The van der Waals surface area contributed by atoms with E-state index in [1.54, 1.807) is 6.92 Å². The van der Waals surface area contributed by atoms with Crippen molar-refractivity contribution in [3.8, 4) is 0 Å². The van der Waals surface area contributed by atoms with Gasteiger partial charge in [0.2, 0.25) is 0 Å². The molecular formula is C13H22N4O4. The predicted molar refractivity (Wildman–Crippen MR) is 76.7 cm³/mol. The number of nitrogens with two attached hydrogens (primary N) is 1. The zero-order chi connectivity index (χ0) is 15.8. The van der Waals surface area contributed by atoms with Gasteiger partial charge in [-0.25, -0.2) is 0 Å². The molecule has 0 fully saturated rings. The molecule has 0 atom stereocenters. The number of methoxy groups -OCH3 is 1. The summed E-state index contributed by atoms with van der Waals surface area (Å²) in [6.45, 7) is 4.77. The normalized spacial score (nSPS) is 10.4. The number of esters is 1. The molecule has 0 spiro atoms. The summed E-state index contributed by atoms with van der Waals surface area (Å²) in [5.41, 5.74) is 6.36. The smallest absolute Gasteiger partial charge is 0.325 e. The summed E-state index contributed by atoms with van der Waals surface area (Å²) in [4.78, 5) is 25.5. The second kappa shape index (κ2) is 8.25. The van der Waals surface area contributed by atoms with Crippen molar-refractivity contribution in [2.75, 3.05) is 39.1 Å². The average molecular weight is 298 g/mol. The molecule has 0 aliphatic heterocycles. The van der Waals surface area contributed by atoms with Gasteiger partial charge >= 0.3 is 5.97 Å². The molecule has 0 unspecified atom stereocenters. The first-order valence-corrected chi connectivity index (χ1v) is 6.80. The molecule has 1 aromatic rings. The Labute approximate surface area is 123 Å². The van der Waals surface area contributed by atoms with E-state index in [1.165, 1.54) is 22.9 Å². The predicted octanol–water partition coefficient (Wildman–Crippen LogP) is 0.137. The molecule has 1 rings (SSSR count). The minimum atomic E-state index is -0.469. The molecule has 2 N–H and O–H groups in total. The first-order chi connectivity index (χ1) is 10.0. The van der Waals surface area contributed by atoms with E-state index in [0.29, 0.717) is 13.2 Å². The molecular weight excluding hydrogens is 276 g/mol. The van der Waals surface area contributed by atoms with Crippen LogP contribution in [0.1, 0.15) is 24.3 Å². The molecule has 21 heavy (non-hydrogen) atoms. The van der Waals surface area contributed by atoms with Gasteiger partial charge in [-0.15, -0.1) is 0 Å². The van der Waals surface area contributed by atoms with E-state index in [2.05, 4.69) is 5.10 Å². The number of hydrogen-bond acceptors (Lipinski definition) is 6. The molecule has 0 radical (unpaired) electrons. The van der Waals surface area contributed by atoms with E-state index in [1.807, 2.05) is 6.92 Å². The van der Waals surface area contributed by atoms with Gasteiger partial charge in [0.1, 0.15) is 12.2 Å². The summed E-state index contributed by atoms with van der Waals surface area (Å²) in [5, 5.41) is 4.03. The van der Waals surface area contributed by atoms with Crippen molar-refractivity contribution >= 4 is 17.6 Å². The van der Waals surface area contributed by atoms with Gasteiger partial charge in [-0.05, 0) is 13.8 Å². The first-order valence-electron chi connectivity index (χ1n) is 6.80. The van der Waals surface area contributed by atoms with Crippen LogP contribution >= 0.6 is 0 Å². The number of aryl methyl sites for hydroxylation is 1. The third-order valence-corrected chi connectivity index (χ3v) is 2.85. The van der Waals surface area contributed by atoms with Crippen molar-refractivity contribution in [1.29, 1.82) is 0 Å². The fourth-order valence-corrected chi connectivity index (χ4v) is 1.84. The van der Waals surface area contributed by atoms with E-state index < -0.39 is 5.97 Å². The first kappa shape index (κ1) is 17.0. The van der Waals surface area contributed by atoms with Gasteiger partial charge in [0.15, 0.2) is 0 Å². The van der Waals surface area contributed by atoms with Crippen LogP contribution in [0.4, 0.5) is 5.69 Å². The minimum absolute atomic E-state index is 0.148. The maximum atomic E-state index is 12.6. The molecule has 0 aliphatic rings. The molecule has 1 amide bonds. The van der Waals surface area contributed by atoms with Crippen LogP contribution < -0.4 is 5.73 Å². The number of hydrogen-bond donors (Lipinski definition) is 1. The van der Waals surface area contributed by atoms with Crippen LogP contribution in [0.2, 0.25) is 0 Å². The van der Waals surface area contributed by atoms with Crippen LogP contribution in [0.5, 0.6) is 0 Å². The molecule has 8 nitrogen and oxygen atoms in total. The quantitative estimate of drug-likeness (QED) is 0.685. The Morgan fingerprint density at radius 1 is 1.43 bits per heavy atom. The molecule has 0 saturated heterocycles. The molecule has 8 heteroatoms.